The smallest absolute Gasteiger partial charge is 0.276 e. The van der Waals surface area contributed by atoms with Crippen molar-refractivity contribution in [3.05, 3.63) is 35.2 Å². The largest absolute Gasteiger partial charge is 0.415 e. The van der Waals surface area contributed by atoms with E-state index < -0.39 is 0 Å². The van der Waals surface area contributed by atoms with Crippen molar-refractivity contribution in [1.82, 2.24) is 10.2 Å². The molecule has 0 saturated heterocycles. The molecule has 21 heavy (non-hydrogen) atoms. The molecule has 0 aliphatic heterocycles. The van der Waals surface area contributed by atoms with Crippen molar-refractivity contribution in [3.63, 3.8) is 0 Å². The van der Waals surface area contributed by atoms with Crippen LogP contribution in [0.2, 0.25) is 5.02 Å². The molecule has 0 aliphatic carbocycles. The maximum atomic E-state index is 6.12. The maximum absolute atomic E-state index is 6.12. The van der Waals surface area contributed by atoms with Crippen LogP contribution in [0.1, 0.15) is 33.1 Å². The fourth-order valence-corrected chi connectivity index (χ4v) is 3.60. The summed E-state index contributed by atoms with van der Waals surface area (Å²) in [5, 5.41) is 9.63. The molecule has 0 atom stereocenters. The molecule has 0 aliphatic rings. The lowest BCUT2D eigenvalue weighted by Gasteiger charge is -2.10. The van der Waals surface area contributed by atoms with Crippen LogP contribution in [0.15, 0.2) is 38.8 Å². The van der Waals surface area contributed by atoms with Gasteiger partial charge in [0.25, 0.3) is 5.22 Å². The van der Waals surface area contributed by atoms with Gasteiger partial charge in [-0.25, -0.2) is 0 Å². The van der Waals surface area contributed by atoms with Crippen LogP contribution in [-0.2, 0) is 5.41 Å². The van der Waals surface area contributed by atoms with E-state index in [0.29, 0.717) is 11.1 Å². The Labute approximate surface area is 139 Å². The predicted molar refractivity (Wildman–Crippen MR) is 90.5 cm³/mol. The molecule has 0 radical (unpaired) electrons. The van der Waals surface area contributed by atoms with Gasteiger partial charge in [0.15, 0.2) is 0 Å². The lowest BCUT2D eigenvalue weighted by Crippen LogP contribution is -2.11. The number of nitrogens with zero attached hydrogens (tertiary/aromatic N) is 2. The minimum atomic E-state index is -0.0915. The zero-order valence-electron chi connectivity index (χ0n) is 12.4. The Balaban J connectivity index is 1.71. The third kappa shape index (κ3) is 5.24. The standard InChI is InChI=1S/C15H19ClN2OS2/c1-15(2,3)13-17-18-14(19-13)21-10-6-9-20-12-8-5-4-7-11(12)16/h4-5,7-8H,6,9-10H2,1-3H3. The SMILES string of the molecule is CC(C)(C)c1nnc(SCCCSc2ccccc2Cl)o1. The first-order chi connectivity index (χ1) is 9.97. The van der Waals surface area contributed by atoms with Crippen molar-refractivity contribution < 1.29 is 4.42 Å². The van der Waals surface area contributed by atoms with Crippen LogP contribution in [-0.4, -0.2) is 21.7 Å². The van der Waals surface area contributed by atoms with E-state index in [0.717, 1.165) is 27.8 Å². The predicted octanol–water partition coefficient (Wildman–Crippen LogP) is 5.30. The van der Waals surface area contributed by atoms with E-state index in [1.165, 1.54) is 0 Å². The number of benzene rings is 1. The van der Waals surface area contributed by atoms with Crippen LogP contribution in [0.5, 0.6) is 0 Å². The Morgan fingerprint density at radius 3 is 2.48 bits per heavy atom. The van der Waals surface area contributed by atoms with E-state index in [1.807, 2.05) is 24.3 Å². The van der Waals surface area contributed by atoms with Gasteiger partial charge in [0.2, 0.25) is 5.89 Å². The number of hydrogen-bond acceptors (Lipinski definition) is 5. The molecule has 1 aromatic heterocycles. The van der Waals surface area contributed by atoms with Gasteiger partial charge in [0, 0.05) is 16.1 Å². The first-order valence-corrected chi connectivity index (χ1v) is 9.16. The molecule has 1 heterocycles. The van der Waals surface area contributed by atoms with E-state index in [-0.39, 0.29) is 5.41 Å². The van der Waals surface area contributed by atoms with Crippen molar-refractivity contribution in [2.24, 2.45) is 0 Å². The molecular weight excluding hydrogens is 324 g/mol. The van der Waals surface area contributed by atoms with Gasteiger partial charge in [-0.2, -0.15) is 0 Å². The van der Waals surface area contributed by atoms with Gasteiger partial charge >= 0.3 is 0 Å². The van der Waals surface area contributed by atoms with Gasteiger partial charge in [-0.15, -0.1) is 22.0 Å². The lowest BCUT2D eigenvalue weighted by molar-refractivity contribution is 0.347. The number of halogens is 1. The molecule has 6 heteroatoms. The van der Waals surface area contributed by atoms with Gasteiger partial charge in [-0.05, 0) is 24.3 Å². The Morgan fingerprint density at radius 2 is 1.81 bits per heavy atom. The second-order valence-electron chi connectivity index (χ2n) is 5.60. The molecular formula is C15H19ClN2OS2. The van der Waals surface area contributed by atoms with Crippen LogP contribution in [0, 0.1) is 0 Å². The molecule has 3 nitrogen and oxygen atoms in total. The van der Waals surface area contributed by atoms with Gasteiger partial charge in [-0.3, -0.25) is 0 Å². The molecule has 0 fully saturated rings. The first-order valence-electron chi connectivity index (χ1n) is 6.81. The minimum Gasteiger partial charge on any atom is -0.415 e. The number of thioether (sulfide) groups is 2. The zero-order valence-corrected chi connectivity index (χ0v) is 14.8. The summed E-state index contributed by atoms with van der Waals surface area (Å²) in [5.41, 5.74) is -0.0915. The van der Waals surface area contributed by atoms with E-state index in [1.54, 1.807) is 23.5 Å². The van der Waals surface area contributed by atoms with Crippen molar-refractivity contribution in [2.45, 2.75) is 42.7 Å². The highest BCUT2D eigenvalue weighted by Crippen LogP contribution is 2.28. The summed E-state index contributed by atoms with van der Waals surface area (Å²) in [6, 6.07) is 7.93. The summed E-state index contributed by atoms with van der Waals surface area (Å²) in [6.07, 6.45) is 1.06. The van der Waals surface area contributed by atoms with Crippen molar-refractivity contribution >= 4 is 35.1 Å². The van der Waals surface area contributed by atoms with Gasteiger partial charge in [0.1, 0.15) is 0 Å². The number of rotatable bonds is 6. The van der Waals surface area contributed by atoms with Gasteiger partial charge in [-0.1, -0.05) is 56.3 Å². The molecule has 2 rings (SSSR count). The second kappa shape index (κ2) is 7.56. The highest BCUT2D eigenvalue weighted by Gasteiger charge is 2.21. The monoisotopic (exact) mass is 342 g/mol. The molecule has 0 bridgehead atoms. The molecule has 0 unspecified atom stereocenters. The third-order valence-electron chi connectivity index (χ3n) is 2.66. The summed E-state index contributed by atoms with van der Waals surface area (Å²) >= 11 is 9.51. The highest BCUT2D eigenvalue weighted by molar-refractivity contribution is 8.00. The highest BCUT2D eigenvalue weighted by atomic mass is 35.5. The molecule has 0 N–H and O–H groups in total. The molecule has 0 saturated carbocycles. The lowest BCUT2D eigenvalue weighted by atomic mass is 9.97. The van der Waals surface area contributed by atoms with Crippen LogP contribution < -0.4 is 0 Å². The van der Waals surface area contributed by atoms with Crippen molar-refractivity contribution in [1.29, 1.82) is 0 Å². The minimum absolute atomic E-state index is 0.0915. The molecule has 114 valence electrons. The Bertz CT molecular complexity index is 581. The quantitative estimate of drug-likeness (QED) is 0.526. The van der Waals surface area contributed by atoms with Crippen molar-refractivity contribution in [2.75, 3.05) is 11.5 Å². The average molecular weight is 343 g/mol. The van der Waals surface area contributed by atoms with Crippen LogP contribution in [0.4, 0.5) is 0 Å². The van der Waals surface area contributed by atoms with E-state index in [9.17, 15) is 0 Å². The fraction of sp³-hybridized carbons (Fsp3) is 0.467. The summed E-state index contributed by atoms with van der Waals surface area (Å²) < 4.78 is 5.64. The van der Waals surface area contributed by atoms with Crippen molar-refractivity contribution in [3.8, 4) is 0 Å². The summed E-state index contributed by atoms with van der Waals surface area (Å²) in [7, 11) is 0. The Hall–Kier alpha value is -0.650. The van der Waals surface area contributed by atoms with Crippen LogP contribution >= 0.6 is 35.1 Å². The van der Waals surface area contributed by atoms with Crippen LogP contribution in [0.3, 0.4) is 0 Å². The number of hydrogen-bond donors (Lipinski definition) is 0. The molecule has 1 aromatic carbocycles. The molecule has 2 aromatic rings. The Morgan fingerprint density at radius 1 is 1.10 bits per heavy atom. The topological polar surface area (TPSA) is 38.9 Å². The first kappa shape index (κ1) is 16.7. The summed E-state index contributed by atoms with van der Waals surface area (Å²) in [4.78, 5) is 1.14. The van der Waals surface area contributed by atoms with E-state index in [2.05, 4.69) is 31.0 Å². The van der Waals surface area contributed by atoms with Gasteiger partial charge in [0.05, 0.1) is 5.02 Å². The normalized spacial score (nSPS) is 11.8. The zero-order chi connectivity index (χ0) is 15.3. The molecule has 0 spiro atoms. The average Bonchev–Trinajstić information content (AvgIpc) is 2.89. The van der Waals surface area contributed by atoms with Crippen LogP contribution in [0.25, 0.3) is 0 Å². The second-order valence-corrected chi connectivity index (χ2v) is 8.19. The summed E-state index contributed by atoms with van der Waals surface area (Å²) in [6.45, 7) is 6.19. The Kier molecular flexibility index (Phi) is 6.02. The van der Waals surface area contributed by atoms with E-state index in [4.69, 9.17) is 16.0 Å². The molecule has 0 amide bonds. The fourth-order valence-electron chi connectivity index (χ4n) is 1.53. The maximum Gasteiger partial charge on any atom is 0.276 e. The summed E-state index contributed by atoms with van der Waals surface area (Å²) in [5.74, 6) is 2.68. The number of aromatic nitrogens is 2. The third-order valence-corrected chi connectivity index (χ3v) is 5.16. The van der Waals surface area contributed by atoms with E-state index >= 15 is 0 Å². The van der Waals surface area contributed by atoms with Gasteiger partial charge < -0.3 is 4.42 Å².